The molecule has 164 valence electrons. The van der Waals surface area contributed by atoms with Crippen molar-refractivity contribution in [2.24, 2.45) is 5.14 Å². The van der Waals surface area contributed by atoms with Gasteiger partial charge in [0.2, 0.25) is 10.0 Å². The number of sulfonamides is 1. The molecule has 0 spiro atoms. The lowest BCUT2D eigenvalue weighted by molar-refractivity contribution is 0.298. The van der Waals surface area contributed by atoms with E-state index in [1.165, 1.54) is 6.33 Å². The lowest BCUT2D eigenvalue weighted by atomic mass is 10.1. The number of nitrogens with one attached hydrogen (secondary N) is 1. The van der Waals surface area contributed by atoms with Crippen LogP contribution in [0.2, 0.25) is 0 Å². The maximum absolute atomic E-state index is 11.3. The first-order valence-electron chi connectivity index (χ1n) is 9.45. The van der Waals surface area contributed by atoms with Crippen LogP contribution in [0, 0.1) is 0 Å². The van der Waals surface area contributed by atoms with Gasteiger partial charge in [0, 0.05) is 23.9 Å². The number of nitrogens with zero attached hydrogens (tertiary/aromatic N) is 3. The summed E-state index contributed by atoms with van der Waals surface area (Å²) >= 11 is 12.2. The predicted octanol–water partition coefficient (Wildman–Crippen LogP) is 4.26. The van der Waals surface area contributed by atoms with Gasteiger partial charge in [-0.15, -0.1) is 23.2 Å². The summed E-state index contributed by atoms with van der Waals surface area (Å²) in [5.41, 5.74) is 3.86. The number of nitrogens with two attached hydrogens (primary N) is 1. The van der Waals surface area contributed by atoms with Gasteiger partial charge in [-0.2, -0.15) is 0 Å². The Morgan fingerprint density at radius 1 is 1.10 bits per heavy atom. The van der Waals surface area contributed by atoms with Crippen LogP contribution in [0.3, 0.4) is 0 Å². The van der Waals surface area contributed by atoms with Gasteiger partial charge in [0.1, 0.15) is 12.1 Å². The molecule has 0 fully saturated rings. The van der Waals surface area contributed by atoms with Crippen LogP contribution in [0.4, 0.5) is 11.5 Å². The third-order valence-electron chi connectivity index (χ3n) is 4.50. The monoisotopic (exact) mass is 479 g/mol. The Kier molecular flexibility index (Phi) is 7.85. The van der Waals surface area contributed by atoms with Crippen LogP contribution in [0.15, 0.2) is 60.9 Å². The van der Waals surface area contributed by atoms with E-state index in [9.17, 15) is 8.42 Å². The summed E-state index contributed by atoms with van der Waals surface area (Å²) in [6.45, 7) is 2.50. The zero-order valence-electron chi connectivity index (χ0n) is 16.9. The van der Waals surface area contributed by atoms with Crippen molar-refractivity contribution >= 4 is 44.7 Å². The number of primary sulfonamides is 1. The van der Waals surface area contributed by atoms with E-state index in [0.717, 1.165) is 16.8 Å². The highest BCUT2D eigenvalue weighted by atomic mass is 35.5. The molecule has 0 aliphatic heterocycles. The second-order valence-corrected chi connectivity index (χ2v) is 9.55. The molecule has 1 heterocycles. The molecule has 31 heavy (non-hydrogen) atoms. The van der Waals surface area contributed by atoms with Gasteiger partial charge < -0.3 is 5.32 Å². The summed E-state index contributed by atoms with van der Waals surface area (Å²) in [6, 6.07) is 17.2. The molecule has 0 amide bonds. The van der Waals surface area contributed by atoms with Gasteiger partial charge in [0.15, 0.2) is 0 Å². The van der Waals surface area contributed by atoms with Gasteiger partial charge in [0.05, 0.1) is 23.0 Å². The molecule has 2 aromatic carbocycles. The lowest BCUT2D eigenvalue weighted by Crippen LogP contribution is -2.27. The van der Waals surface area contributed by atoms with Crippen LogP contribution in [0.1, 0.15) is 18.1 Å². The number of rotatable bonds is 9. The molecule has 1 atom stereocenters. The van der Waals surface area contributed by atoms with Gasteiger partial charge in [-0.3, -0.25) is 4.90 Å². The highest BCUT2D eigenvalue weighted by Crippen LogP contribution is 2.24. The van der Waals surface area contributed by atoms with E-state index in [1.54, 1.807) is 18.2 Å². The van der Waals surface area contributed by atoms with E-state index in [0.29, 0.717) is 29.6 Å². The zero-order chi connectivity index (χ0) is 22.4. The van der Waals surface area contributed by atoms with E-state index in [2.05, 4.69) is 15.3 Å². The Labute approximate surface area is 192 Å². The molecule has 1 aromatic heterocycles. The van der Waals surface area contributed by atoms with Gasteiger partial charge in [-0.1, -0.05) is 30.3 Å². The van der Waals surface area contributed by atoms with Crippen molar-refractivity contribution in [3.63, 3.8) is 0 Å². The minimum atomic E-state index is -3.60. The first-order chi connectivity index (χ1) is 14.7. The van der Waals surface area contributed by atoms with Crippen molar-refractivity contribution in [3.05, 3.63) is 72.1 Å². The van der Waals surface area contributed by atoms with Gasteiger partial charge in [-0.25, -0.2) is 23.5 Å². The molecule has 0 aliphatic rings. The van der Waals surface area contributed by atoms with Gasteiger partial charge in [-0.05, 0) is 36.2 Å². The fraction of sp³-hybridized carbons (Fsp3) is 0.238. The average Bonchev–Trinajstić information content (AvgIpc) is 2.71. The molecule has 0 aliphatic carbocycles. The van der Waals surface area contributed by atoms with E-state index < -0.39 is 10.0 Å². The molecular weight excluding hydrogens is 457 g/mol. The van der Waals surface area contributed by atoms with Crippen LogP contribution in [-0.4, -0.2) is 34.8 Å². The number of hydrogen-bond acceptors (Lipinski definition) is 6. The molecule has 3 rings (SSSR count). The largest absolute Gasteiger partial charge is 0.340 e. The number of hydrogen-bond donors (Lipinski definition) is 2. The molecular formula is C21H23Cl2N5O2S. The summed E-state index contributed by atoms with van der Waals surface area (Å²) in [5.74, 6) is 0.352. The highest BCUT2D eigenvalue weighted by Gasteiger charge is 2.11. The van der Waals surface area contributed by atoms with Crippen molar-refractivity contribution in [3.8, 4) is 11.3 Å². The Balaban J connectivity index is 1.80. The van der Waals surface area contributed by atoms with Crippen molar-refractivity contribution < 1.29 is 8.42 Å². The fourth-order valence-corrected chi connectivity index (χ4v) is 4.17. The van der Waals surface area contributed by atoms with Crippen molar-refractivity contribution in [2.45, 2.75) is 24.7 Å². The number of halogens is 2. The topological polar surface area (TPSA) is 101 Å². The van der Waals surface area contributed by atoms with E-state index in [4.69, 9.17) is 28.3 Å². The highest BCUT2D eigenvalue weighted by molar-refractivity contribution is 7.88. The van der Waals surface area contributed by atoms with E-state index in [1.807, 2.05) is 48.2 Å². The van der Waals surface area contributed by atoms with Gasteiger partial charge >= 0.3 is 0 Å². The van der Waals surface area contributed by atoms with Crippen LogP contribution in [0.25, 0.3) is 11.3 Å². The second-order valence-electron chi connectivity index (χ2n) is 7.06. The Hall–Kier alpha value is -2.23. The zero-order valence-corrected chi connectivity index (χ0v) is 19.2. The summed E-state index contributed by atoms with van der Waals surface area (Å²) in [6.07, 6.45) is 1.48. The predicted molar refractivity (Wildman–Crippen MR) is 126 cm³/mol. The minimum absolute atomic E-state index is 0.180. The molecule has 3 N–H and O–H groups in total. The quantitative estimate of drug-likeness (QED) is 0.351. The first-order valence-corrected chi connectivity index (χ1v) is 12.1. The van der Waals surface area contributed by atoms with Gasteiger partial charge in [0.25, 0.3) is 0 Å². The summed E-state index contributed by atoms with van der Waals surface area (Å²) < 4.78 is 22.7. The van der Waals surface area contributed by atoms with Crippen LogP contribution >= 0.6 is 23.2 Å². The Morgan fingerprint density at radius 2 is 1.84 bits per heavy atom. The van der Waals surface area contributed by atoms with Crippen LogP contribution in [0.5, 0.6) is 0 Å². The third-order valence-corrected chi connectivity index (χ3v) is 5.82. The summed E-state index contributed by atoms with van der Waals surface area (Å²) in [5, 5.41) is 8.32. The molecule has 10 heteroatoms. The molecule has 3 aromatic rings. The maximum Gasteiger partial charge on any atom is 0.213 e. The minimum Gasteiger partial charge on any atom is -0.340 e. The third kappa shape index (κ3) is 7.15. The molecule has 0 saturated carbocycles. The maximum atomic E-state index is 11.3. The fourth-order valence-electron chi connectivity index (χ4n) is 3.03. The number of benzene rings is 2. The summed E-state index contributed by atoms with van der Waals surface area (Å²) in [4.78, 5) is 10.6. The molecule has 7 nitrogen and oxygen atoms in total. The lowest BCUT2D eigenvalue weighted by Gasteiger charge is -2.22. The molecule has 0 bridgehead atoms. The molecule has 0 saturated heterocycles. The van der Waals surface area contributed by atoms with E-state index in [-0.39, 0.29) is 11.3 Å². The first kappa shape index (κ1) is 23.4. The average molecular weight is 480 g/mol. The number of anilines is 2. The standard InChI is InChI=1S/C21H23Cl2N5O2S/c1-15(23)28(13-22)11-16-4-2-6-18(8-16)20-10-21(26-14-25-20)27-19-7-3-5-17(9-19)12-31(24,29)30/h2-10,14-15H,11-13H2,1H3,(H2,24,29,30)(H,25,26,27). The Bertz CT molecular complexity index is 1140. The Morgan fingerprint density at radius 3 is 2.55 bits per heavy atom. The van der Waals surface area contributed by atoms with Crippen LogP contribution in [-0.2, 0) is 22.3 Å². The van der Waals surface area contributed by atoms with Crippen molar-refractivity contribution in [1.29, 1.82) is 0 Å². The van der Waals surface area contributed by atoms with Crippen molar-refractivity contribution in [2.75, 3.05) is 11.3 Å². The van der Waals surface area contributed by atoms with Crippen molar-refractivity contribution in [1.82, 2.24) is 14.9 Å². The van der Waals surface area contributed by atoms with E-state index >= 15 is 0 Å². The molecule has 1 unspecified atom stereocenters. The normalized spacial score (nSPS) is 12.7. The SMILES string of the molecule is CC(Cl)N(CCl)Cc1cccc(-c2cc(Nc3cccc(CS(N)(=O)=O)c3)ncn2)c1. The second kappa shape index (κ2) is 10.4. The summed E-state index contributed by atoms with van der Waals surface area (Å²) in [7, 11) is -3.60. The van der Waals surface area contributed by atoms with Crippen LogP contribution < -0.4 is 10.5 Å². The smallest absolute Gasteiger partial charge is 0.213 e. The molecule has 0 radical (unpaired) electrons. The number of aromatic nitrogens is 2. The number of alkyl halides is 2.